The number of likely N-dealkylation sites (tertiary alicyclic amines) is 1. The molecule has 1 saturated heterocycles. The van der Waals surface area contributed by atoms with Gasteiger partial charge in [0.15, 0.2) is 0 Å². The molecule has 1 amide bonds. The summed E-state index contributed by atoms with van der Waals surface area (Å²) in [5, 5.41) is 11.7. The second kappa shape index (κ2) is 16.9. The van der Waals surface area contributed by atoms with Crippen LogP contribution in [0.5, 0.6) is 0 Å². The lowest BCUT2D eigenvalue weighted by Crippen LogP contribution is -2.30. The van der Waals surface area contributed by atoms with Gasteiger partial charge in [0.05, 0.1) is 11.6 Å². The van der Waals surface area contributed by atoms with E-state index in [0.717, 1.165) is 29.3 Å². The third-order valence-electron chi connectivity index (χ3n) is 7.58. The third kappa shape index (κ3) is 9.49. The van der Waals surface area contributed by atoms with Gasteiger partial charge < -0.3 is 10.0 Å². The maximum atomic E-state index is 13.2. The maximum Gasteiger partial charge on any atom is 0.295 e. The van der Waals surface area contributed by atoms with Crippen molar-refractivity contribution in [2.75, 3.05) is 6.54 Å². The number of Topliss-reactive ketones (excluding diaryl/α,β-unsaturated/α-hetero) is 1. The first-order valence-corrected chi connectivity index (χ1v) is 15.9. The minimum absolute atomic E-state index is 0.130. The quantitative estimate of drug-likeness (QED) is 0.0833. The second-order valence-electron chi connectivity index (χ2n) is 10.7. The summed E-state index contributed by atoms with van der Waals surface area (Å²) in [5.41, 5.74) is 1.39. The number of unbranched alkanes of at least 4 members (excludes halogenated alkanes) is 13. The van der Waals surface area contributed by atoms with E-state index in [0.29, 0.717) is 17.1 Å². The Hall–Kier alpha value is -2.11. The fraction of sp³-hybridized carbons (Fsp3) is 0.515. The Balaban J connectivity index is 1.53. The number of ketones is 1. The first-order chi connectivity index (χ1) is 18.9. The van der Waals surface area contributed by atoms with E-state index in [4.69, 9.17) is 11.6 Å². The summed E-state index contributed by atoms with van der Waals surface area (Å²) in [7, 11) is 0. The number of aliphatic hydroxyl groups excluding tert-OH is 1. The van der Waals surface area contributed by atoms with Crippen LogP contribution >= 0.6 is 27.5 Å². The molecule has 0 saturated carbocycles. The van der Waals surface area contributed by atoms with Gasteiger partial charge in [0.1, 0.15) is 5.76 Å². The summed E-state index contributed by atoms with van der Waals surface area (Å²) in [6.45, 7) is 2.74. The third-order valence-corrected chi connectivity index (χ3v) is 8.32. The van der Waals surface area contributed by atoms with Gasteiger partial charge in [-0.05, 0) is 36.2 Å². The van der Waals surface area contributed by atoms with Gasteiger partial charge in [-0.15, -0.1) is 0 Å². The predicted octanol–water partition coefficient (Wildman–Crippen LogP) is 10.0. The molecule has 6 heteroatoms. The molecule has 0 aromatic heterocycles. The molecule has 2 aromatic carbocycles. The lowest BCUT2D eigenvalue weighted by atomic mass is 9.95. The van der Waals surface area contributed by atoms with Gasteiger partial charge in [0.2, 0.25) is 0 Å². The van der Waals surface area contributed by atoms with E-state index in [-0.39, 0.29) is 11.3 Å². The Morgan fingerprint density at radius 2 is 1.36 bits per heavy atom. The Kier molecular flexibility index (Phi) is 13.6. The molecule has 2 aromatic rings. The van der Waals surface area contributed by atoms with E-state index < -0.39 is 17.7 Å². The number of nitrogens with zero attached hydrogens (tertiary/aromatic N) is 1. The van der Waals surface area contributed by atoms with Crippen molar-refractivity contribution in [1.29, 1.82) is 0 Å². The number of halogens is 2. The molecule has 0 spiro atoms. The Morgan fingerprint density at radius 1 is 0.821 bits per heavy atom. The van der Waals surface area contributed by atoms with Crippen LogP contribution in [0.4, 0.5) is 0 Å². The van der Waals surface area contributed by atoms with Gasteiger partial charge in [-0.2, -0.15) is 0 Å². The zero-order valence-corrected chi connectivity index (χ0v) is 25.6. The Bertz CT molecular complexity index is 1100. The van der Waals surface area contributed by atoms with Crippen LogP contribution < -0.4 is 0 Å². The van der Waals surface area contributed by atoms with E-state index in [9.17, 15) is 14.7 Å². The van der Waals surface area contributed by atoms with Gasteiger partial charge >= 0.3 is 0 Å². The molecule has 3 rings (SSSR count). The van der Waals surface area contributed by atoms with Crippen LogP contribution in [-0.2, 0) is 9.59 Å². The van der Waals surface area contributed by atoms with Crippen LogP contribution in [0.1, 0.15) is 114 Å². The van der Waals surface area contributed by atoms with Crippen LogP contribution in [-0.4, -0.2) is 28.2 Å². The number of carbonyl (C=O) groups excluding carboxylic acids is 2. The molecule has 39 heavy (non-hydrogen) atoms. The second-order valence-corrected chi connectivity index (χ2v) is 12.0. The highest BCUT2D eigenvalue weighted by atomic mass is 79.9. The van der Waals surface area contributed by atoms with Gasteiger partial charge in [-0.25, -0.2) is 0 Å². The molecular weight excluding hydrogens is 574 g/mol. The highest BCUT2D eigenvalue weighted by Gasteiger charge is 2.45. The Morgan fingerprint density at radius 3 is 1.90 bits per heavy atom. The van der Waals surface area contributed by atoms with Crippen molar-refractivity contribution in [2.45, 2.75) is 103 Å². The number of benzene rings is 2. The van der Waals surface area contributed by atoms with E-state index in [1.807, 2.05) is 18.2 Å². The SMILES string of the molecule is CCCCCCCCCCCCCCCCN1C(=O)C(=O)/C(=C(/O)c2cccc(Br)c2)[C@H]1c1ccc(Cl)cc1. The molecule has 212 valence electrons. The molecule has 1 N–H and O–H groups in total. The minimum atomic E-state index is -0.641. The molecule has 1 heterocycles. The molecule has 0 aliphatic carbocycles. The fourth-order valence-electron chi connectivity index (χ4n) is 5.37. The zero-order valence-electron chi connectivity index (χ0n) is 23.3. The predicted molar refractivity (Wildman–Crippen MR) is 165 cm³/mol. The smallest absolute Gasteiger partial charge is 0.295 e. The number of hydrogen-bond acceptors (Lipinski definition) is 3. The van der Waals surface area contributed by atoms with Gasteiger partial charge in [-0.1, -0.05) is 142 Å². The summed E-state index contributed by atoms with van der Waals surface area (Å²) < 4.78 is 0.784. The Labute approximate surface area is 248 Å². The lowest BCUT2D eigenvalue weighted by Gasteiger charge is -2.25. The van der Waals surface area contributed by atoms with Crippen molar-refractivity contribution < 1.29 is 14.7 Å². The average molecular weight is 617 g/mol. The summed E-state index contributed by atoms with van der Waals surface area (Å²) in [6.07, 6.45) is 17.6. The summed E-state index contributed by atoms with van der Waals surface area (Å²) in [5.74, 6) is -1.35. The number of hydrogen-bond donors (Lipinski definition) is 1. The highest BCUT2D eigenvalue weighted by Crippen LogP contribution is 2.40. The van der Waals surface area contributed by atoms with Crippen molar-refractivity contribution in [1.82, 2.24) is 4.90 Å². The van der Waals surface area contributed by atoms with Crippen molar-refractivity contribution in [3.05, 3.63) is 74.7 Å². The average Bonchev–Trinajstić information content (AvgIpc) is 3.18. The van der Waals surface area contributed by atoms with Gasteiger partial charge in [0, 0.05) is 21.6 Å². The number of aliphatic hydroxyl groups is 1. The van der Waals surface area contributed by atoms with Gasteiger partial charge in [-0.3, -0.25) is 9.59 Å². The lowest BCUT2D eigenvalue weighted by molar-refractivity contribution is -0.139. The first kappa shape index (κ1) is 31.4. The highest BCUT2D eigenvalue weighted by molar-refractivity contribution is 9.10. The minimum Gasteiger partial charge on any atom is -0.507 e. The van der Waals surface area contributed by atoms with E-state index >= 15 is 0 Å². The zero-order chi connectivity index (χ0) is 28.0. The molecule has 0 radical (unpaired) electrons. The molecule has 1 atom stereocenters. The van der Waals surface area contributed by atoms with Crippen molar-refractivity contribution in [3.63, 3.8) is 0 Å². The molecule has 1 fully saturated rings. The van der Waals surface area contributed by atoms with Crippen LogP contribution in [0, 0.1) is 0 Å². The topological polar surface area (TPSA) is 57.6 Å². The van der Waals surface area contributed by atoms with Crippen LogP contribution in [0.2, 0.25) is 5.02 Å². The summed E-state index contributed by atoms with van der Waals surface area (Å²) in [4.78, 5) is 27.9. The fourth-order valence-corrected chi connectivity index (χ4v) is 5.90. The molecule has 0 bridgehead atoms. The van der Waals surface area contributed by atoms with E-state index in [2.05, 4.69) is 22.9 Å². The largest absolute Gasteiger partial charge is 0.507 e. The van der Waals surface area contributed by atoms with Crippen LogP contribution in [0.15, 0.2) is 58.6 Å². The van der Waals surface area contributed by atoms with Crippen molar-refractivity contribution >= 4 is 45.0 Å². The summed E-state index contributed by atoms with van der Waals surface area (Å²) in [6, 6.07) is 13.6. The molecular formula is C33H43BrClNO3. The number of carbonyl (C=O) groups is 2. The number of rotatable bonds is 17. The van der Waals surface area contributed by atoms with E-state index in [1.54, 1.807) is 35.2 Å². The normalized spacial score (nSPS) is 16.8. The van der Waals surface area contributed by atoms with Crippen molar-refractivity contribution in [3.8, 4) is 0 Å². The molecule has 1 aliphatic rings. The monoisotopic (exact) mass is 615 g/mol. The molecule has 1 aliphatic heterocycles. The van der Waals surface area contributed by atoms with Crippen molar-refractivity contribution in [2.24, 2.45) is 0 Å². The summed E-state index contributed by atoms with van der Waals surface area (Å²) >= 11 is 9.53. The van der Waals surface area contributed by atoms with Crippen LogP contribution in [0.25, 0.3) is 5.76 Å². The first-order valence-electron chi connectivity index (χ1n) is 14.7. The van der Waals surface area contributed by atoms with Crippen LogP contribution in [0.3, 0.4) is 0 Å². The van der Waals surface area contributed by atoms with E-state index in [1.165, 1.54) is 70.6 Å². The molecule has 4 nitrogen and oxygen atoms in total. The van der Waals surface area contributed by atoms with Gasteiger partial charge in [0.25, 0.3) is 11.7 Å². The number of amides is 1. The molecule has 0 unspecified atom stereocenters. The maximum absolute atomic E-state index is 13.2. The standard InChI is InChI=1S/C33H43BrClNO3/c1-2-3-4-5-6-7-8-9-10-11-12-13-14-15-23-36-30(25-19-21-28(35)22-20-25)29(32(38)33(36)39)31(37)26-17-16-18-27(34)24-26/h16-22,24,30,37H,2-15,23H2,1H3/b31-29+/t30-/m1/s1.